The number of benzene rings is 1. The second-order valence-electron chi connectivity index (χ2n) is 4.81. The molecule has 2 nitrogen and oxygen atoms in total. The smallest absolute Gasteiger partial charge is 0.122 e. The third-order valence-electron chi connectivity index (χ3n) is 3.69. The predicted octanol–water partition coefficient (Wildman–Crippen LogP) is 2.51. The van der Waals surface area contributed by atoms with Gasteiger partial charge in [0.25, 0.3) is 0 Å². The van der Waals surface area contributed by atoms with Gasteiger partial charge < -0.3 is 10.5 Å². The van der Waals surface area contributed by atoms with Crippen LogP contribution in [-0.4, -0.2) is 6.61 Å². The van der Waals surface area contributed by atoms with Gasteiger partial charge in [0.15, 0.2) is 0 Å². The van der Waals surface area contributed by atoms with Crippen LogP contribution in [0, 0.1) is 0 Å². The molecule has 1 atom stereocenters. The van der Waals surface area contributed by atoms with Crippen LogP contribution >= 0.6 is 0 Å². The molecule has 1 aliphatic carbocycles. The van der Waals surface area contributed by atoms with Gasteiger partial charge in [-0.1, -0.05) is 12.6 Å². The van der Waals surface area contributed by atoms with Crippen LogP contribution in [0.4, 0.5) is 0 Å². The maximum atomic E-state index is 5.75. The molecule has 2 N–H and O–H groups in total. The third kappa shape index (κ3) is 1.41. The lowest BCUT2D eigenvalue weighted by Crippen LogP contribution is -2.03. The molecule has 2 aliphatic rings. The molecule has 0 unspecified atom stereocenters. The molecule has 3 rings (SSSR count). The molecule has 0 aromatic heterocycles. The maximum Gasteiger partial charge on any atom is 0.122 e. The number of nitrogens with two attached hydrogens (primary N) is 1. The average molecular weight is 215 g/mol. The molecule has 1 aromatic rings. The highest BCUT2D eigenvalue weighted by molar-refractivity contribution is 5.51. The summed E-state index contributed by atoms with van der Waals surface area (Å²) in [5.74, 6) is 1.66. The van der Waals surface area contributed by atoms with Gasteiger partial charge in [-0.2, -0.15) is 0 Å². The summed E-state index contributed by atoms with van der Waals surface area (Å²) in [7, 11) is 0. The molecule has 0 radical (unpaired) electrons. The summed E-state index contributed by atoms with van der Waals surface area (Å²) in [6, 6.07) is 4.35. The van der Waals surface area contributed by atoms with E-state index in [0.717, 1.165) is 30.9 Å². The van der Waals surface area contributed by atoms with Crippen LogP contribution in [0.1, 0.15) is 35.4 Å². The minimum Gasteiger partial charge on any atom is -0.493 e. The van der Waals surface area contributed by atoms with Gasteiger partial charge in [-0.05, 0) is 42.4 Å². The Morgan fingerprint density at radius 1 is 1.44 bits per heavy atom. The molecule has 84 valence electrons. The zero-order chi connectivity index (χ0) is 11.1. The van der Waals surface area contributed by atoms with Crippen LogP contribution in [0.25, 0.3) is 0 Å². The van der Waals surface area contributed by atoms with Crippen molar-refractivity contribution in [2.75, 3.05) is 6.61 Å². The van der Waals surface area contributed by atoms with E-state index in [0.29, 0.717) is 5.92 Å². The highest BCUT2D eigenvalue weighted by atomic mass is 16.5. The van der Waals surface area contributed by atoms with Crippen molar-refractivity contribution in [1.82, 2.24) is 0 Å². The van der Waals surface area contributed by atoms with Crippen molar-refractivity contribution in [2.24, 2.45) is 5.73 Å². The summed E-state index contributed by atoms with van der Waals surface area (Å²) in [6.45, 7) is 4.67. The Labute approximate surface area is 96.1 Å². The summed E-state index contributed by atoms with van der Waals surface area (Å²) >= 11 is 0. The van der Waals surface area contributed by atoms with Crippen LogP contribution in [0.5, 0.6) is 5.75 Å². The van der Waals surface area contributed by atoms with E-state index >= 15 is 0 Å². The fourth-order valence-electron chi connectivity index (χ4n) is 3.07. The molecule has 1 heterocycles. The van der Waals surface area contributed by atoms with Gasteiger partial charge in [-0.25, -0.2) is 0 Å². The standard InChI is InChI=1S/C14H17NO/c1-9(15)8-11-3-2-10-4-5-13-12(14(10)11)6-7-16-13/h4-5,11H,1-3,6-8,15H2/t11-/m0/s1. The van der Waals surface area contributed by atoms with Gasteiger partial charge in [-0.3, -0.25) is 0 Å². The van der Waals surface area contributed by atoms with E-state index in [2.05, 4.69) is 18.7 Å². The fraction of sp³-hybridized carbons (Fsp3) is 0.429. The number of fused-ring (bicyclic) bond motifs is 3. The van der Waals surface area contributed by atoms with Crippen LogP contribution in [0.3, 0.4) is 0 Å². The number of allylic oxidation sites excluding steroid dienone is 1. The Kier molecular flexibility index (Phi) is 2.16. The molecule has 0 fully saturated rings. The van der Waals surface area contributed by atoms with Gasteiger partial charge in [0.2, 0.25) is 0 Å². The number of rotatable bonds is 2. The molecule has 2 heteroatoms. The summed E-state index contributed by atoms with van der Waals surface area (Å²) in [6.07, 6.45) is 4.37. The zero-order valence-corrected chi connectivity index (χ0v) is 9.46. The Morgan fingerprint density at radius 2 is 2.31 bits per heavy atom. The van der Waals surface area contributed by atoms with Crippen LogP contribution < -0.4 is 10.5 Å². The Morgan fingerprint density at radius 3 is 3.12 bits per heavy atom. The Balaban J connectivity index is 2.03. The molecule has 0 bridgehead atoms. The lowest BCUT2D eigenvalue weighted by molar-refractivity contribution is 0.357. The van der Waals surface area contributed by atoms with E-state index in [-0.39, 0.29) is 0 Å². The minimum atomic E-state index is 0.573. The van der Waals surface area contributed by atoms with Crippen molar-refractivity contribution in [3.05, 3.63) is 41.1 Å². The molecular formula is C14H17NO. The van der Waals surface area contributed by atoms with E-state index in [1.165, 1.54) is 29.5 Å². The summed E-state index contributed by atoms with van der Waals surface area (Å²) in [5, 5.41) is 0. The maximum absolute atomic E-state index is 5.75. The first-order valence-electron chi connectivity index (χ1n) is 5.96. The molecule has 0 amide bonds. The Bertz CT molecular complexity index is 450. The molecular weight excluding hydrogens is 198 g/mol. The van der Waals surface area contributed by atoms with Crippen molar-refractivity contribution in [2.45, 2.75) is 31.6 Å². The Hall–Kier alpha value is -1.44. The van der Waals surface area contributed by atoms with E-state index in [1.807, 2.05) is 0 Å². The van der Waals surface area contributed by atoms with Crippen LogP contribution in [-0.2, 0) is 12.8 Å². The molecule has 16 heavy (non-hydrogen) atoms. The van der Waals surface area contributed by atoms with Crippen LogP contribution in [0.2, 0.25) is 0 Å². The van der Waals surface area contributed by atoms with Crippen LogP contribution in [0.15, 0.2) is 24.4 Å². The third-order valence-corrected chi connectivity index (χ3v) is 3.69. The molecule has 0 spiro atoms. The highest BCUT2D eigenvalue weighted by Crippen LogP contribution is 2.43. The molecule has 0 saturated carbocycles. The van der Waals surface area contributed by atoms with Crippen molar-refractivity contribution in [3.63, 3.8) is 0 Å². The normalized spacial score (nSPS) is 21.4. The quantitative estimate of drug-likeness (QED) is 0.822. The largest absolute Gasteiger partial charge is 0.493 e. The number of hydrogen-bond acceptors (Lipinski definition) is 2. The highest BCUT2D eigenvalue weighted by Gasteiger charge is 2.29. The van der Waals surface area contributed by atoms with E-state index < -0.39 is 0 Å². The molecule has 1 aliphatic heterocycles. The topological polar surface area (TPSA) is 35.2 Å². The van der Waals surface area contributed by atoms with Gasteiger partial charge in [-0.15, -0.1) is 0 Å². The second kappa shape index (κ2) is 3.55. The lowest BCUT2D eigenvalue weighted by atomic mass is 9.91. The summed E-state index contributed by atoms with van der Waals surface area (Å²) in [4.78, 5) is 0. The van der Waals surface area contributed by atoms with Crippen molar-refractivity contribution in [1.29, 1.82) is 0 Å². The fourth-order valence-corrected chi connectivity index (χ4v) is 3.07. The van der Waals surface area contributed by atoms with E-state index in [9.17, 15) is 0 Å². The number of ether oxygens (including phenoxy) is 1. The van der Waals surface area contributed by atoms with Gasteiger partial charge in [0, 0.05) is 17.7 Å². The van der Waals surface area contributed by atoms with Gasteiger partial charge >= 0.3 is 0 Å². The summed E-state index contributed by atoms with van der Waals surface area (Å²) in [5.41, 5.74) is 11.0. The van der Waals surface area contributed by atoms with Gasteiger partial charge in [0.1, 0.15) is 5.75 Å². The monoisotopic (exact) mass is 215 g/mol. The molecule has 0 saturated heterocycles. The zero-order valence-electron chi connectivity index (χ0n) is 9.46. The summed E-state index contributed by atoms with van der Waals surface area (Å²) < 4.78 is 5.62. The van der Waals surface area contributed by atoms with Crippen molar-refractivity contribution in [3.8, 4) is 5.75 Å². The number of hydrogen-bond donors (Lipinski definition) is 1. The first-order valence-corrected chi connectivity index (χ1v) is 5.96. The first kappa shape index (κ1) is 9.76. The SMILES string of the molecule is C=C(N)C[C@@H]1CCc2ccc3c(c21)CCO3. The molecule has 1 aromatic carbocycles. The average Bonchev–Trinajstić information content (AvgIpc) is 2.82. The minimum absolute atomic E-state index is 0.573. The number of aryl methyl sites for hydroxylation is 1. The first-order chi connectivity index (χ1) is 7.75. The van der Waals surface area contributed by atoms with E-state index in [1.54, 1.807) is 0 Å². The van der Waals surface area contributed by atoms with Crippen molar-refractivity contribution >= 4 is 0 Å². The second-order valence-corrected chi connectivity index (χ2v) is 4.81. The lowest BCUT2D eigenvalue weighted by Gasteiger charge is -2.14. The van der Waals surface area contributed by atoms with Gasteiger partial charge in [0.05, 0.1) is 6.61 Å². The van der Waals surface area contributed by atoms with E-state index in [4.69, 9.17) is 10.5 Å². The van der Waals surface area contributed by atoms with Crippen molar-refractivity contribution < 1.29 is 4.74 Å². The predicted molar refractivity (Wildman–Crippen MR) is 64.6 cm³/mol.